The van der Waals surface area contributed by atoms with Crippen molar-refractivity contribution in [2.24, 2.45) is 0 Å². The molecule has 0 saturated heterocycles. The van der Waals surface area contributed by atoms with Gasteiger partial charge in [-0.05, 0) is 30.5 Å². The molecule has 0 aliphatic carbocycles. The van der Waals surface area contributed by atoms with Crippen molar-refractivity contribution in [2.75, 3.05) is 0 Å². The molecule has 0 fully saturated rings. The van der Waals surface area contributed by atoms with Crippen molar-refractivity contribution in [1.82, 2.24) is 15.3 Å². The first kappa shape index (κ1) is 13.0. The van der Waals surface area contributed by atoms with Crippen LogP contribution in [-0.2, 0) is 6.54 Å². The summed E-state index contributed by atoms with van der Waals surface area (Å²) in [6.45, 7) is 2.64. The molecular weight excluding hydrogens is 270 g/mol. The number of nitrogens with one attached hydrogen (secondary N) is 2. The maximum Gasteiger partial charge on any atom is 0.258 e. The SMILES string of the molecule is CC(NCc1nc2ccccc2c(=O)[nH]1)c1cccs1. The molecule has 3 aromatic rings. The van der Waals surface area contributed by atoms with Gasteiger partial charge in [0.25, 0.3) is 5.56 Å². The second kappa shape index (κ2) is 5.56. The van der Waals surface area contributed by atoms with Crippen LogP contribution >= 0.6 is 11.3 Å². The van der Waals surface area contributed by atoms with Crippen LogP contribution in [0.25, 0.3) is 10.9 Å². The van der Waals surface area contributed by atoms with Gasteiger partial charge in [-0.3, -0.25) is 4.79 Å². The molecule has 1 unspecified atom stereocenters. The molecule has 3 rings (SSSR count). The van der Waals surface area contributed by atoms with Gasteiger partial charge in [0.15, 0.2) is 0 Å². The van der Waals surface area contributed by atoms with E-state index in [4.69, 9.17) is 0 Å². The van der Waals surface area contributed by atoms with Gasteiger partial charge < -0.3 is 10.3 Å². The lowest BCUT2D eigenvalue weighted by Gasteiger charge is -2.11. The summed E-state index contributed by atoms with van der Waals surface area (Å²) >= 11 is 1.72. The zero-order valence-corrected chi connectivity index (χ0v) is 11.9. The zero-order chi connectivity index (χ0) is 13.9. The molecule has 0 radical (unpaired) electrons. The van der Waals surface area contributed by atoms with Crippen LogP contribution in [0.2, 0.25) is 0 Å². The number of H-pyrrole nitrogens is 1. The van der Waals surface area contributed by atoms with E-state index in [0.717, 1.165) is 5.52 Å². The highest BCUT2D eigenvalue weighted by Crippen LogP contribution is 2.18. The van der Waals surface area contributed by atoms with Crippen LogP contribution in [0.1, 0.15) is 23.7 Å². The minimum atomic E-state index is -0.0869. The molecule has 102 valence electrons. The first-order chi connectivity index (χ1) is 9.74. The van der Waals surface area contributed by atoms with Gasteiger partial charge in [0, 0.05) is 10.9 Å². The summed E-state index contributed by atoms with van der Waals surface area (Å²) in [5, 5.41) is 6.06. The van der Waals surface area contributed by atoms with Crippen LogP contribution in [0.3, 0.4) is 0 Å². The van der Waals surface area contributed by atoms with Crippen LogP contribution < -0.4 is 10.9 Å². The molecule has 0 saturated carbocycles. The summed E-state index contributed by atoms with van der Waals surface area (Å²) < 4.78 is 0. The fourth-order valence-corrected chi connectivity index (χ4v) is 2.87. The highest BCUT2D eigenvalue weighted by atomic mass is 32.1. The number of thiophene rings is 1. The Labute approximate surface area is 120 Å². The molecule has 0 amide bonds. The Balaban J connectivity index is 1.80. The summed E-state index contributed by atoms with van der Waals surface area (Å²) in [6, 6.07) is 11.7. The van der Waals surface area contributed by atoms with Gasteiger partial charge >= 0.3 is 0 Å². The average Bonchev–Trinajstić information content (AvgIpc) is 2.99. The zero-order valence-electron chi connectivity index (χ0n) is 11.1. The first-order valence-corrected chi connectivity index (χ1v) is 7.37. The van der Waals surface area contributed by atoms with Gasteiger partial charge in [0.05, 0.1) is 17.4 Å². The molecule has 2 aromatic heterocycles. The van der Waals surface area contributed by atoms with E-state index in [2.05, 4.69) is 33.7 Å². The van der Waals surface area contributed by atoms with Crippen molar-refractivity contribution >= 4 is 22.2 Å². The van der Waals surface area contributed by atoms with Gasteiger partial charge in [-0.2, -0.15) is 0 Å². The molecule has 0 bridgehead atoms. The van der Waals surface area contributed by atoms with Crippen molar-refractivity contribution in [3.8, 4) is 0 Å². The molecule has 0 aliphatic rings. The van der Waals surface area contributed by atoms with E-state index >= 15 is 0 Å². The molecule has 1 aromatic carbocycles. The lowest BCUT2D eigenvalue weighted by Crippen LogP contribution is -2.21. The molecule has 0 spiro atoms. The number of benzene rings is 1. The van der Waals surface area contributed by atoms with Gasteiger partial charge in [-0.1, -0.05) is 18.2 Å². The summed E-state index contributed by atoms with van der Waals surface area (Å²) in [6.07, 6.45) is 0. The Morgan fingerprint density at radius 2 is 2.15 bits per heavy atom. The minimum absolute atomic E-state index is 0.0869. The van der Waals surface area contributed by atoms with E-state index in [1.165, 1.54) is 4.88 Å². The van der Waals surface area contributed by atoms with Crippen LogP contribution in [0, 0.1) is 0 Å². The number of rotatable bonds is 4. The predicted octanol–water partition coefficient (Wildman–Crippen LogP) is 2.84. The maximum atomic E-state index is 12.0. The van der Waals surface area contributed by atoms with E-state index in [0.29, 0.717) is 17.8 Å². The fourth-order valence-electron chi connectivity index (χ4n) is 2.11. The highest BCUT2D eigenvalue weighted by Gasteiger charge is 2.07. The Morgan fingerprint density at radius 1 is 1.30 bits per heavy atom. The van der Waals surface area contributed by atoms with Crippen LogP contribution in [0.5, 0.6) is 0 Å². The normalized spacial score (nSPS) is 12.7. The van der Waals surface area contributed by atoms with E-state index in [1.807, 2.05) is 24.3 Å². The van der Waals surface area contributed by atoms with E-state index in [1.54, 1.807) is 17.4 Å². The Morgan fingerprint density at radius 3 is 2.95 bits per heavy atom. The van der Waals surface area contributed by atoms with Gasteiger partial charge in [0.1, 0.15) is 5.82 Å². The number of aromatic nitrogens is 2. The maximum absolute atomic E-state index is 12.0. The highest BCUT2D eigenvalue weighted by molar-refractivity contribution is 7.10. The molecule has 20 heavy (non-hydrogen) atoms. The molecule has 0 aliphatic heterocycles. The van der Waals surface area contributed by atoms with Crippen LogP contribution in [0.4, 0.5) is 0 Å². The summed E-state index contributed by atoms with van der Waals surface area (Å²) in [5.41, 5.74) is 0.646. The quantitative estimate of drug-likeness (QED) is 0.775. The largest absolute Gasteiger partial charge is 0.309 e. The topological polar surface area (TPSA) is 57.8 Å². The molecule has 4 nitrogen and oxygen atoms in total. The number of aromatic amines is 1. The predicted molar refractivity (Wildman–Crippen MR) is 81.9 cm³/mol. The lowest BCUT2D eigenvalue weighted by molar-refractivity contribution is 0.567. The Bertz CT molecular complexity index is 764. The van der Waals surface area contributed by atoms with E-state index < -0.39 is 0 Å². The second-order valence-corrected chi connectivity index (χ2v) is 5.63. The molecule has 1 atom stereocenters. The number of hydrogen-bond donors (Lipinski definition) is 2. The monoisotopic (exact) mass is 285 g/mol. The average molecular weight is 285 g/mol. The van der Waals surface area contributed by atoms with Crippen molar-refractivity contribution < 1.29 is 0 Å². The van der Waals surface area contributed by atoms with E-state index in [-0.39, 0.29) is 11.6 Å². The van der Waals surface area contributed by atoms with Crippen LogP contribution in [0.15, 0.2) is 46.6 Å². The third kappa shape index (κ3) is 2.64. The molecule has 2 N–H and O–H groups in total. The Hall–Kier alpha value is -1.98. The van der Waals surface area contributed by atoms with Crippen LogP contribution in [-0.4, -0.2) is 9.97 Å². The summed E-state index contributed by atoms with van der Waals surface area (Å²) in [4.78, 5) is 20.5. The standard InChI is InChI=1S/C15H15N3OS/c1-10(13-7-4-8-20-13)16-9-14-17-12-6-3-2-5-11(12)15(19)18-14/h2-8,10,16H,9H2,1H3,(H,17,18,19). The van der Waals surface area contributed by atoms with Gasteiger partial charge in [-0.25, -0.2) is 4.98 Å². The van der Waals surface area contributed by atoms with Gasteiger partial charge in [0.2, 0.25) is 0 Å². The van der Waals surface area contributed by atoms with E-state index in [9.17, 15) is 4.79 Å². The fraction of sp³-hybridized carbons (Fsp3) is 0.200. The number of para-hydroxylation sites is 1. The molecular formula is C15H15N3OS. The summed E-state index contributed by atoms with van der Waals surface area (Å²) in [7, 11) is 0. The second-order valence-electron chi connectivity index (χ2n) is 4.65. The number of fused-ring (bicyclic) bond motifs is 1. The van der Waals surface area contributed by atoms with Crippen molar-refractivity contribution in [3.63, 3.8) is 0 Å². The minimum Gasteiger partial charge on any atom is -0.309 e. The third-order valence-electron chi connectivity index (χ3n) is 3.21. The Kier molecular flexibility index (Phi) is 3.62. The third-order valence-corrected chi connectivity index (χ3v) is 4.26. The lowest BCUT2D eigenvalue weighted by atomic mass is 10.2. The number of hydrogen-bond acceptors (Lipinski definition) is 4. The molecule has 2 heterocycles. The first-order valence-electron chi connectivity index (χ1n) is 6.49. The smallest absolute Gasteiger partial charge is 0.258 e. The molecule has 5 heteroatoms. The number of nitrogens with zero attached hydrogens (tertiary/aromatic N) is 1. The van der Waals surface area contributed by atoms with Crippen molar-refractivity contribution in [1.29, 1.82) is 0 Å². The van der Waals surface area contributed by atoms with Crippen molar-refractivity contribution in [2.45, 2.75) is 19.5 Å². The van der Waals surface area contributed by atoms with Crippen molar-refractivity contribution in [3.05, 3.63) is 62.8 Å². The van der Waals surface area contributed by atoms with Gasteiger partial charge in [-0.15, -0.1) is 11.3 Å². The summed E-state index contributed by atoms with van der Waals surface area (Å²) in [5.74, 6) is 0.664.